The molecule has 0 saturated heterocycles. The van der Waals surface area contributed by atoms with E-state index in [1.54, 1.807) is 56.5 Å². The highest BCUT2D eigenvalue weighted by molar-refractivity contribution is 5.80. The van der Waals surface area contributed by atoms with Gasteiger partial charge >= 0.3 is 0 Å². The number of carbonyl (C=O) groups excluding carboxylic acids is 1. The van der Waals surface area contributed by atoms with E-state index in [1.807, 2.05) is 0 Å². The average Bonchev–Trinajstić information content (AvgIpc) is 2.60. The van der Waals surface area contributed by atoms with Crippen LogP contribution in [-0.2, 0) is 11.2 Å². The summed E-state index contributed by atoms with van der Waals surface area (Å²) in [5.74, 6) is 1.11. The van der Waals surface area contributed by atoms with E-state index in [9.17, 15) is 14.9 Å². The van der Waals surface area contributed by atoms with Gasteiger partial charge in [-0.3, -0.25) is 14.9 Å². The van der Waals surface area contributed by atoms with Crippen molar-refractivity contribution in [2.24, 2.45) is 0 Å². The van der Waals surface area contributed by atoms with E-state index in [-0.39, 0.29) is 30.7 Å². The largest absolute Gasteiger partial charge is 0.497 e. The number of nitro groups is 1. The number of hydrogen-bond donors (Lipinski definition) is 1. The lowest BCUT2D eigenvalue weighted by Gasteiger charge is -2.15. The summed E-state index contributed by atoms with van der Waals surface area (Å²) in [4.78, 5) is 22.6. The third-order valence-corrected chi connectivity index (χ3v) is 3.51. The van der Waals surface area contributed by atoms with Crippen LogP contribution in [0.15, 0.2) is 48.5 Å². The van der Waals surface area contributed by atoms with Gasteiger partial charge < -0.3 is 14.8 Å². The maximum atomic E-state index is 12.1. The normalized spacial score (nSPS) is 11.4. The van der Waals surface area contributed by atoms with Gasteiger partial charge in [0, 0.05) is 11.6 Å². The molecule has 0 fully saturated rings. The Kier molecular flexibility index (Phi) is 6.33. The predicted octanol–water partition coefficient (Wildman–Crippen LogP) is 2.73. The number of nitro benzene ring substituents is 1. The fraction of sp³-hybridized carbons (Fsp3) is 0.278. The zero-order valence-corrected chi connectivity index (χ0v) is 14.1. The van der Waals surface area contributed by atoms with Crippen LogP contribution in [0.3, 0.4) is 0 Å². The molecule has 132 valence electrons. The second-order valence-electron chi connectivity index (χ2n) is 5.52. The number of benzene rings is 2. The van der Waals surface area contributed by atoms with Gasteiger partial charge in [0.15, 0.2) is 0 Å². The molecule has 1 N–H and O–H groups in total. The summed E-state index contributed by atoms with van der Waals surface area (Å²) >= 11 is 0. The van der Waals surface area contributed by atoms with Crippen molar-refractivity contribution in [3.63, 3.8) is 0 Å². The number of rotatable bonds is 8. The molecule has 1 atom stereocenters. The Balaban J connectivity index is 1.84. The molecule has 0 spiro atoms. The van der Waals surface area contributed by atoms with Crippen molar-refractivity contribution in [3.05, 3.63) is 64.2 Å². The van der Waals surface area contributed by atoms with Crippen molar-refractivity contribution in [1.29, 1.82) is 0 Å². The molecule has 25 heavy (non-hydrogen) atoms. The van der Waals surface area contributed by atoms with E-state index in [0.29, 0.717) is 11.3 Å². The first-order chi connectivity index (χ1) is 12.0. The molecule has 1 amide bonds. The third-order valence-electron chi connectivity index (χ3n) is 3.51. The lowest BCUT2D eigenvalue weighted by molar-refractivity contribution is -0.385. The lowest BCUT2D eigenvalue weighted by Crippen LogP contribution is -2.37. The molecule has 2 aromatic rings. The molecule has 0 heterocycles. The number of nitrogens with zero attached hydrogens (tertiary/aromatic N) is 1. The SMILES string of the molecule is COc1ccc(OCC(C)NC(=O)Cc2ccccc2[N+](=O)[O-])cc1. The van der Waals surface area contributed by atoms with Crippen LogP contribution in [0.25, 0.3) is 0 Å². The highest BCUT2D eigenvalue weighted by Gasteiger charge is 2.16. The number of methoxy groups -OCH3 is 1. The van der Waals surface area contributed by atoms with Crippen molar-refractivity contribution in [1.82, 2.24) is 5.32 Å². The Morgan fingerprint density at radius 3 is 2.44 bits per heavy atom. The molecule has 2 rings (SSSR count). The van der Waals surface area contributed by atoms with Crippen LogP contribution >= 0.6 is 0 Å². The first-order valence-electron chi connectivity index (χ1n) is 7.78. The second kappa shape index (κ2) is 8.68. The number of para-hydroxylation sites is 1. The van der Waals surface area contributed by atoms with Crippen molar-refractivity contribution < 1.29 is 19.2 Å². The van der Waals surface area contributed by atoms with Gasteiger partial charge in [0.25, 0.3) is 5.69 Å². The van der Waals surface area contributed by atoms with Crippen molar-refractivity contribution >= 4 is 11.6 Å². The standard InChI is InChI=1S/C18H20N2O5/c1-13(12-25-16-9-7-15(24-2)8-10-16)19-18(21)11-14-5-3-4-6-17(14)20(22)23/h3-10,13H,11-12H2,1-2H3,(H,19,21). The maximum absolute atomic E-state index is 12.1. The van der Waals surface area contributed by atoms with Gasteiger partial charge in [-0.25, -0.2) is 0 Å². The van der Waals surface area contributed by atoms with E-state index >= 15 is 0 Å². The summed E-state index contributed by atoms with van der Waals surface area (Å²) in [6, 6.07) is 13.1. The third kappa shape index (κ3) is 5.49. The van der Waals surface area contributed by atoms with E-state index in [2.05, 4.69) is 5.32 Å². The molecule has 0 radical (unpaired) electrons. The topological polar surface area (TPSA) is 90.7 Å². The smallest absolute Gasteiger partial charge is 0.273 e. The average molecular weight is 344 g/mol. The van der Waals surface area contributed by atoms with Crippen LogP contribution in [-0.4, -0.2) is 30.6 Å². The summed E-state index contributed by atoms with van der Waals surface area (Å²) in [7, 11) is 1.59. The van der Waals surface area contributed by atoms with E-state index in [0.717, 1.165) is 5.75 Å². The van der Waals surface area contributed by atoms with E-state index < -0.39 is 4.92 Å². The summed E-state index contributed by atoms with van der Waals surface area (Å²) in [6.45, 7) is 2.09. The Morgan fingerprint density at radius 2 is 1.80 bits per heavy atom. The lowest BCUT2D eigenvalue weighted by atomic mass is 10.1. The molecule has 7 heteroatoms. The zero-order valence-electron chi connectivity index (χ0n) is 14.1. The zero-order chi connectivity index (χ0) is 18.2. The van der Waals surface area contributed by atoms with Gasteiger partial charge in [-0.1, -0.05) is 18.2 Å². The van der Waals surface area contributed by atoms with E-state index in [4.69, 9.17) is 9.47 Å². The molecule has 0 saturated carbocycles. The van der Waals surface area contributed by atoms with Crippen LogP contribution < -0.4 is 14.8 Å². The first-order valence-corrected chi connectivity index (χ1v) is 7.78. The Morgan fingerprint density at radius 1 is 1.16 bits per heavy atom. The molecule has 2 aromatic carbocycles. The minimum absolute atomic E-state index is 0.0516. The minimum Gasteiger partial charge on any atom is -0.497 e. The molecule has 0 aliphatic heterocycles. The maximum Gasteiger partial charge on any atom is 0.273 e. The quantitative estimate of drug-likeness (QED) is 0.587. The van der Waals surface area contributed by atoms with Gasteiger partial charge in [-0.2, -0.15) is 0 Å². The molecular formula is C18H20N2O5. The predicted molar refractivity (Wildman–Crippen MR) is 92.9 cm³/mol. The van der Waals surface area contributed by atoms with Crippen molar-refractivity contribution in [2.45, 2.75) is 19.4 Å². The minimum atomic E-state index is -0.487. The number of amides is 1. The van der Waals surface area contributed by atoms with Crippen LogP contribution in [0.4, 0.5) is 5.69 Å². The Hall–Kier alpha value is -3.09. The number of nitrogens with one attached hydrogen (secondary N) is 1. The fourth-order valence-electron chi connectivity index (χ4n) is 2.27. The molecule has 0 aliphatic carbocycles. The van der Waals surface area contributed by atoms with Gasteiger partial charge in [0.05, 0.1) is 24.5 Å². The van der Waals surface area contributed by atoms with E-state index in [1.165, 1.54) is 6.07 Å². The summed E-state index contributed by atoms with van der Waals surface area (Å²) in [5, 5.41) is 13.8. The van der Waals surface area contributed by atoms with Gasteiger partial charge in [0.2, 0.25) is 5.91 Å². The Labute approximate surface area is 145 Å². The number of carbonyl (C=O) groups is 1. The summed E-state index contributed by atoms with van der Waals surface area (Å²) in [5.41, 5.74) is 0.327. The molecule has 0 aromatic heterocycles. The molecule has 0 aliphatic rings. The highest BCUT2D eigenvalue weighted by Crippen LogP contribution is 2.18. The summed E-state index contributed by atoms with van der Waals surface area (Å²) in [6.07, 6.45) is -0.0516. The fourth-order valence-corrected chi connectivity index (χ4v) is 2.27. The monoisotopic (exact) mass is 344 g/mol. The molecule has 1 unspecified atom stereocenters. The number of hydrogen-bond acceptors (Lipinski definition) is 5. The summed E-state index contributed by atoms with van der Waals surface area (Å²) < 4.78 is 10.7. The van der Waals surface area contributed by atoms with Crippen molar-refractivity contribution in [2.75, 3.05) is 13.7 Å². The van der Waals surface area contributed by atoms with Crippen molar-refractivity contribution in [3.8, 4) is 11.5 Å². The molecule has 0 bridgehead atoms. The van der Waals surface area contributed by atoms with Gasteiger partial charge in [-0.05, 0) is 31.2 Å². The van der Waals surface area contributed by atoms with Gasteiger partial charge in [0.1, 0.15) is 18.1 Å². The number of ether oxygens (including phenoxy) is 2. The van der Waals surface area contributed by atoms with Crippen LogP contribution in [0.1, 0.15) is 12.5 Å². The van der Waals surface area contributed by atoms with Gasteiger partial charge in [-0.15, -0.1) is 0 Å². The molecular weight excluding hydrogens is 324 g/mol. The van der Waals surface area contributed by atoms with Crippen LogP contribution in [0, 0.1) is 10.1 Å². The second-order valence-corrected chi connectivity index (χ2v) is 5.52. The first kappa shape index (κ1) is 18.3. The Bertz CT molecular complexity index is 731. The molecule has 7 nitrogen and oxygen atoms in total. The van der Waals surface area contributed by atoms with Crippen LogP contribution in [0.2, 0.25) is 0 Å². The highest BCUT2D eigenvalue weighted by atomic mass is 16.6. The van der Waals surface area contributed by atoms with Crippen LogP contribution in [0.5, 0.6) is 11.5 Å².